The van der Waals surface area contributed by atoms with Crippen LogP contribution in [0.15, 0.2) is 46.3 Å². The van der Waals surface area contributed by atoms with Gasteiger partial charge in [-0.15, -0.1) is 22.7 Å². The molecule has 0 bridgehead atoms. The molecule has 2 aromatic heterocycles. The van der Waals surface area contributed by atoms with Crippen molar-refractivity contribution in [2.24, 2.45) is 5.73 Å². The first kappa shape index (κ1) is 13.0. The second-order valence-electron chi connectivity index (χ2n) is 3.99. The maximum absolute atomic E-state index is 5.85. The number of aromatic nitrogens is 1. The second kappa shape index (κ2) is 5.54. The molecule has 0 amide bonds. The van der Waals surface area contributed by atoms with Crippen LogP contribution in [0.1, 0.15) is 4.88 Å². The Balaban J connectivity index is 2.09. The third-order valence-electron chi connectivity index (χ3n) is 2.71. The lowest BCUT2D eigenvalue weighted by atomic mass is 10.1. The number of benzene rings is 1. The lowest BCUT2D eigenvalue weighted by Crippen LogP contribution is -1.95. The smallest absolute Gasteiger partial charge is 0.134 e. The highest BCUT2D eigenvalue weighted by Gasteiger charge is 2.14. The predicted octanol–water partition coefficient (Wildman–Crippen LogP) is 4.76. The van der Waals surface area contributed by atoms with Crippen LogP contribution in [-0.2, 0) is 6.54 Å². The second-order valence-corrected chi connectivity index (χ2v) is 6.90. The topological polar surface area (TPSA) is 38.9 Å². The molecule has 2 heterocycles. The fourth-order valence-electron chi connectivity index (χ4n) is 1.84. The molecule has 2 nitrogen and oxygen atoms in total. The fourth-order valence-corrected chi connectivity index (χ4v) is 4.29. The maximum Gasteiger partial charge on any atom is 0.134 e. The highest BCUT2D eigenvalue weighted by molar-refractivity contribution is 9.10. The molecule has 0 unspecified atom stereocenters. The number of hydrogen-bond donors (Lipinski definition) is 1. The van der Waals surface area contributed by atoms with Crippen molar-refractivity contribution in [3.63, 3.8) is 0 Å². The molecule has 0 atom stereocenters. The summed E-state index contributed by atoms with van der Waals surface area (Å²) in [6, 6.07) is 12.3. The van der Waals surface area contributed by atoms with Gasteiger partial charge in [0.25, 0.3) is 0 Å². The van der Waals surface area contributed by atoms with E-state index in [0.717, 1.165) is 25.6 Å². The summed E-state index contributed by atoms with van der Waals surface area (Å²) in [7, 11) is 0. The van der Waals surface area contributed by atoms with Crippen LogP contribution in [0, 0.1) is 0 Å². The Morgan fingerprint density at radius 1 is 1.21 bits per heavy atom. The normalized spacial score (nSPS) is 10.8. The molecule has 0 fully saturated rings. The van der Waals surface area contributed by atoms with Gasteiger partial charge in [0.1, 0.15) is 5.01 Å². The molecular weight excluding hydrogens is 340 g/mol. The summed E-state index contributed by atoms with van der Waals surface area (Å²) in [6.45, 7) is 0.522. The summed E-state index contributed by atoms with van der Waals surface area (Å²) in [6.07, 6.45) is 0. The van der Waals surface area contributed by atoms with Crippen LogP contribution >= 0.6 is 38.6 Å². The number of hydrogen-bond acceptors (Lipinski definition) is 4. The lowest BCUT2D eigenvalue weighted by molar-refractivity contribution is 1.10. The molecule has 1 aromatic carbocycles. The summed E-state index contributed by atoms with van der Waals surface area (Å²) in [5.74, 6) is 0. The molecule has 0 saturated heterocycles. The lowest BCUT2D eigenvalue weighted by Gasteiger charge is -1.98. The first-order valence-electron chi connectivity index (χ1n) is 5.77. The van der Waals surface area contributed by atoms with Crippen molar-refractivity contribution in [1.82, 2.24) is 4.98 Å². The molecule has 0 radical (unpaired) electrons. The summed E-state index contributed by atoms with van der Waals surface area (Å²) >= 11 is 6.84. The van der Waals surface area contributed by atoms with Gasteiger partial charge in [-0.25, -0.2) is 4.98 Å². The van der Waals surface area contributed by atoms with E-state index in [0.29, 0.717) is 6.54 Å². The van der Waals surface area contributed by atoms with E-state index in [4.69, 9.17) is 10.7 Å². The minimum Gasteiger partial charge on any atom is -0.326 e. The Morgan fingerprint density at radius 2 is 2.00 bits per heavy atom. The molecule has 5 heteroatoms. The Hall–Kier alpha value is -1.01. The zero-order valence-corrected chi connectivity index (χ0v) is 13.2. The minimum atomic E-state index is 0.522. The van der Waals surface area contributed by atoms with Crippen LogP contribution in [-0.4, -0.2) is 4.98 Å². The van der Waals surface area contributed by atoms with Crippen LogP contribution < -0.4 is 5.73 Å². The van der Waals surface area contributed by atoms with E-state index in [2.05, 4.69) is 39.5 Å². The Bertz CT molecular complexity index is 689. The van der Waals surface area contributed by atoms with Gasteiger partial charge in [-0.3, -0.25) is 0 Å². The average Bonchev–Trinajstić information content (AvgIpc) is 3.05. The zero-order valence-electron chi connectivity index (χ0n) is 9.97. The van der Waals surface area contributed by atoms with E-state index in [9.17, 15) is 0 Å². The van der Waals surface area contributed by atoms with E-state index < -0.39 is 0 Å². The standard InChI is InChI=1S/C14H11BrN2S2/c15-10-6-11(18-8-10)14-17-13(12(7-16)19-14)9-4-2-1-3-5-9/h1-6,8H,7,16H2. The Kier molecular flexibility index (Phi) is 3.79. The van der Waals surface area contributed by atoms with Gasteiger partial charge in [0.05, 0.1) is 10.6 Å². The summed E-state index contributed by atoms with van der Waals surface area (Å²) in [5.41, 5.74) is 7.98. The highest BCUT2D eigenvalue weighted by Crippen LogP contribution is 2.37. The van der Waals surface area contributed by atoms with Crippen molar-refractivity contribution < 1.29 is 0 Å². The highest BCUT2D eigenvalue weighted by atomic mass is 79.9. The van der Waals surface area contributed by atoms with Crippen LogP contribution in [0.4, 0.5) is 0 Å². The predicted molar refractivity (Wildman–Crippen MR) is 86.5 cm³/mol. The molecule has 0 aliphatic heterocycles. The molecule has 96 valence electrons. The molecule has 0 saturated carbocycles. The quantitative estimate of drug-likeness (QED) is 0.739. The van der Waals surface area contributed by atoms with Crippen molar-refractivity contribution in [3.8, 4) is 21.1 Å². The van der Waals surface area contributed by atoms with Gasteiger partial charge >= 0.3 is 0 Å². The van der Waals surface area contributed by atoms with Crippen molar-refractivity contribution in [3.05, 3.63) is 51.1 Å². The van der Waals surface area contributed by atoms with Crippen molar-refractivity contribution >= 4 is 38.6 Å². The number of thiazole rings is 1. The molecule has 0 spiro atoms. The number of halogens is 1. The van der Waals surface area contributed by atoms with Crippen molar-refractivity contribution in [1.29, 1.82) is 0 Å². The van der Waals surface area contributed by atoms with Crippen molar-refractivity contribution in [2.75, 3.05) is 0 Å². The van der Waals surface area contributed by atoms with Crippen LogP contribution in [0.25, 0.3) is 21.1 Å². The van der Waals surface area contributed by atoms with Gasteiger partial charge in [0.2, 0.25) is 0 Å². The third-order valence-corrected chi connectivity index (χ3v) is 5.65. The maximum atomic E-state index is 5.85. The first-order valence-corrected chi connectivity index (χ1v) is 8.26. The van der Waals surface area contributed by atoms with Gasteiger partial charge in [-0.05, 0) is 22.0 Å². The number of nitrogens with two attached hydrogens (primary N) is 1. The summed E-state index contributed by atoms with van der Waals surface area (Å²) in [4.78, 5) is 7.07. The van der Waals surface area contributed by atoms with E-state index in [-0.39, 0.29) is 0 Å². The summed E-state index contributed by atoms with van der Waals surface area (Å²) in [5, 5.41) is 3.11. The van der Waals surface area contributed by atoms with Gasteiger partial charge in [-0.2, -0.15) is 0 Å². The first-order chi connectivity index (χ1) is 9.28. The van der Waals surface area contributed by atoms with Gasteiger partial charge in [0.15, 0.2) is 0 Å². The molecule has 3 rings (SSSR count). The summed E-state index contributed by atoms with van der Waals surface area (Å²) < 4.78 is 1.10. The molecule has 0 aliphatic rings. The van der Waals surface area contributed by atoms with Gasteiger partial charge < -0.3 is 5.73 Å². The minimum absolute atomic E-state index is 0.522. The molecule has 2 N–H and O–H groups in total. The Morgan fingerprint density at radius 3 is 2.63 bits per heavy atom. The van der Waals surface area contributed by atoms with Crippen LogP contribution in [0.2, 0.25) is 0 Å². The number of thiophene rings is 1. The fraction of sp³-hybridized carbons (Fsp3) is 0.0714. The monoisotopic (exact) mass is 350 g/mol. The SMILES string of the molecule is NCc1sc(-c2cc(Br)cs2)nc1-c1ccccc1. The van der Waals surface area contributed by atoms with E-state index in [1.165, 1.54) is 4.88 Å². The van der Waals surface area contributed by atoms with E-state index in [1.807, 2.05) is 18.2 Å². The van der Waals surface area contributed by atoms with Gasteiger partial charge in [-0.1, -0.05) is 30.3 Å². The Labute approximate surface area is 128 Å². The van der Waals surface area contributed by atoms with Crippen LogP contribution in [0.5, 0.6) is 0 Å². The number of nitrogens with zero attached hydrogens (tertiary/aromatic N) is 1. The van der Waals surface area contributed by atoms with E-state index >= 15 is 0 Å². The largest absolute Gasteiger partial charge is 0.326 e. The van der Waals surface area contributed by atoms with Crippen molar-refractivity contribution in [2.45, 2.75) is 6.54 Å². The molecule has 0 aliphatic carbocycles. The molecule has 19 heavy (non-hydrogen) atoms. The number of rotatable bonds is 3. The van der Waals surface area contributed by atoms with Crippen LogP contribution in [0.3, 0.4) is 0 Å². The average molecular weight is 351 g/mol. The van der Waals surface area contributed by atoms with E-state index in [1.54, 1.807) is 22.7 Å². The molecular formula is C14H11BrN2S2. The zero-order chi connectivity index (χ0) is 13.2. The third kappa shape index (κ3) is 2.65. The molecule has 3 aromatic rings. The van der Waals surface area contributed by atoms with Gasteiger partial charge in [0, 0.05) is 26.8 Å².